The molecule has 0 spiro atoms. The van der Waals surface area contributed by atoms with Crippen molar-refractivity contribution < 1.29 is 9.53 Å². The number of nitrogens with zero attached hydrogens (tertiary/aromatic N) is 1. The van der Waals surface area contributed by atoms with Crippen LogP contribution in [0.5, 0.6) is 0 Å². The molecule has 0 N–H and O–H groups in total. The number of rotatable bonds is 2. The Morgan fingerprint density at radius 2 is 1.93 bits per heavy atom. The third-order valence-electron chi connectivity index (χ3n) is 2.37. The maximum Gasteiger partial charge on any atom is 0.235 e. The molecule has 1 heterocycles. The minimum Gasteiger partial charge on any atom is -0.378 e. The highest BCUT2D eigenvalue weighted by atomic mass is 16.5. The number of anilines is 1. The van der Waals surface area contributed by atoms with Crippen molar-refractivity contribution in [1.29, 1.82) is 0 Å². The van der Waals surface area contributed by atoms with Crippen LogP contribution in [-0.2, 0) is 9.53 Å². The minimum atomic E-state index is 0.634. The van der Waals surface area contributed by atoms with E-state index in [0.29, 0.717) is 5.56 Å². The fourth-order valence-electron chi connectivity index (χ4n) is 1.64. The summed E-state index contributed by atoms with van der Waals surface area (Å²) in [5, 5.41) is 0. The van der Waals surface area contributed by atoms with E-state index in [4.69, 9.17) is 4.74 Å². The van der Waals surface area contributed by atoms with Gasteiger partial charge in [0.25, 0.3) is 0 Å². The molecule has 14 heavy (non-hydrogen) atoms. The van der Waals surface area contributed by atoms with Crippen LogP contribution < -0.4 is 4.90 Å². The molecular weight excluding hydrogens is 178 g/mol. The number of benzene rings is 1. The van der Waals surface area contributed by atoms with Crippen LogP contribution in [0.15, 0.2) is 24.3 Å². The van der Waals surface area contributed by atoms with Crippen LogP contribution >= 0.6 is 0 Å². The Bertz CT molecular complexity index is 319. The van der Waals surface area contributed by atoms with Crippen molar-refractivity contribution in [2.24, 2.45) is 0 Å². The van der Waals surface area contributed by atoms with Gasteiger partial charge in [-0.15, -0.1) is 0 Å². The topological polar surface area (TPSA) is 29.5 Å². The lowest BCUT2D eigenvalue weighted by Crippen LogP contribution is -2.36. The van der Waals surface area contributed by atoms with Gasteiger partial charge in [-0.1, -0.05) is 12.1 Å². The van der Waals surface area contributed by atoms with Crippen LogP contribution in [-0.4, -0.2) is 32.6 Å². The lowest BCUT2D eigenvalue weighted by atomic mass is 10.1. The zero-order chi connectivity index (χ0) is 9.80. The Labute approximate surface area is 83.3 Å². The summed E-state index contributed by atoms with van der Waals surface area (Å²) in [6, 6.07) is 7.53. The largest absolute Gasteiger partial charge is 0.378 e. The number of carbonyl (C=O) groups excluding carboxylic acids is 1. The minimum absolute atomic E-state index is 0.634. The summed E-state index contributed by atoms with van der Waals surface area (Å²) in [7, 11) is 0. The molecule has 0 saturated carbocycles. The molecule has 1 aromatic carbocycles. The molecule has 1 radical (unpaired) electrons. The maximum absolute atomic E-state index is 10.7. The Balaban J connectivity index is 2.24. The molecule has 1 saturated heterocycles. The van der Waals surface area contributed by atoms with Crippen molar-refractivity contribution in [2.75, 3.05) is 31.2 Å². The molecule has 0 aliphatic carbocycles. The quantitative estimate of drug-likeness (QED) is 0.696. The first-order valence-corrected chi connectivity index (χ1v) is 4.71. The molecule has 0 amide bonds. The fraction of sp³-hybridized carbons (Fsp3) is 0.364. The predicted molar refractivity (Wildman–Crippen MR) is 54.3 cm³/mol. The summed E-state index contributed by atoms with van der Waals surface area (Å²) in [5.74, 6) is 0. The summed E-state index contributed by atoms with van der Waals surface area (Å²) in [4.78, 5) is 12.8. The van der Waals surface area contributed by atoms with E-state index in [9.17, 15) is 4.79 Å². The van der Waals surface area contributed by atoms with Crippen LogP contribution in [0.3, 0.4) is 0 Å². The molecule has 1 fully saturated rings. The third-order valence-corrected chi connectivity index (χ3v) is 2.37. The van der Waals surface area contributed by atoms with Gasteiger partial charge in [-0.3, -0.25) is 4.79 Å². The van der Waals surface area contributed by atoms with E-state index < -0.39 is 0 Å². The zero-order valence-electron chi connectivity index (χ0n) is 7.90. The van der Waals surface area contributed by atoms with E-state index in [1.807, 2.05) is 24.5 Å². The van der Waals surface area contributed by atoms with Crippen LogP contribution in [0.2, 0.25) is 0 Å². The molecule has 1 aliphatic rings. The highest BCUT2D eigenvalue weighted by Crippen LogP contribution is 2.19. The van der Waals surface area contributed by atoms with Gasteiger partial charge in [0.05, 0.1) is 13.2 Å². The molecule has 0 unspecified atom stereocenters. The smallest absolute Gasteiger partial charge is 0.235 e. The van der Waals surface area contributed by atoms with Crippen molar-refractivity contribution in [3.8, 4) is 0 Å². The Hall–Kier alpha value is -1.35. The highest BCUT2D eigenvalue weighted by molar-refractivity contribution is 5.84. The van der Waals surface area contributed by atoms with Crippen LogP contribution in [0.25, 0.3) is 0 Å². The van der Waals surface area contributed by atoms with E-state index in [0.717, 1.165) is 32.0 Å². The summed E-state index contributed by atoms with van der Waals surface area (Å²) in [6.07, 6.45) is 1.96. The van der Waals surface area contributed by atoms with Crippen LogP contribution in [0.1, 0.15) is 5.56 Å². The van der Waals surface area contributed by atoms with Crippen LogP contribution in [0, 0.1) is 0 Å². The van der Waals surface area contributed by atoms with Gasteiger partial charge in [0.2, 0.25) is 6.29 Å². The Morgan fingerprint density at radius 3 is 2.64 bits per heavy atom. The lowest BCUT2D eigenvalue weighted by Gasteiger charge is -2.29. The Morgan fingerprint density at radius 1 is 1.21 bits per heavy atom. The molecule has 3 nitrogen and oxygen atoms in total. The molecule has 0 bridgehead atoms. The number of ether oxygens (including phenoxy) is 1. The average molecular weight is 190 g/mol. The van der Waals surface area contributed by atoms with Gasteiger partial charge in [-0.25, -0.2) is 0 Å². The highest BCUT2D eigenvalue weighted by Gasteiger charge is 2.13. The second kappa shape index (κ2) is 4.24. The number of hydrogen-bond acceptors (Lipinski definition) is 3. The molecule has 2 rings (SSSR count). The monoisotopic (exact) mass is 190 g/mol. The van der Waals surface area contributed by atoms with Gasteiger partial charge in [0.15, 0.2) is 0 Å². The van der Waals surface area contributed by atoms with Crippen molar-refractivity contribution in [2.45, 2.75) is 0 Å². The van der Waals surface area contributed by atoms with Gasteiger partial charge in [-0.2, -0.15) is 0 Å². The average Bonchev–Trinajstić information content (AvgIpc) is 2.30. The SMILES string of the molecule is O=[C]c1ccccc1N1CCOCC1. The second-order valence-electron chi connectivity index (χ2n) is 3.22. The number of morpholine rings is 1. The normalized spacial score (nSPS) is 16.7. The first kappa shape index (κ1) is 9.21. The summed E-state index contributed by atoms with van der Waals surface area (Å²) >= 11 is 0. The molecular formula is C11H12NO2. The van der Waals surface area contributed by atoms with E-state index in [1.165, 1.54) is 0 Å². The standard InChI is InChI=1S/C11H12NO2/c13-9-10-3-1-2-4-11(10)12-5-7-14-8-6-12/h1-4H,5-8H2. The maximum atomic E-state index is 10.7. The van der Waals surface area contributed by atoms with Gasteiger partial charge in [-0.05, 0) is 12.1 Å². The Kier molecular flexibility index (Phi) is 2.79. The molecule has 1 aromatic rings. The predicted octanol–water partition coefficient (Wildman–Crippen LogP) is 0.981. The molecule has 0 aromatic heterocycles. The fourth-order valence-corrected chi connectivity index (χ4v) is 1.64. The van der Waals surface area contributed by atoms with Crippen molar-refractivity contribution >= 4 is 12.0 Å². The first-order valence-electron chi connectivity index (χ1n) is 4.71. The van der Waals surface area contributed by atoms with Crippen molar-refractivity contribution in [1.82, 2.24) is 0 Å². The molecule has 1 aliphatic heterocycles. The van der Waals surface area contributed by atoms with E-state index in [-0.39, 0.29) is 0 Å². The van der Waals surface area contributed by atoms with Gasteiger partial charge in [0.1, 0.15) is 0 Å². The summed E-state index contributed by atoms with van der Waals surface area (Å²) in [5.41, 5.74) is 1.60. The van der Waals surface area contributed by atoms with Crippen LogP contribution in [0.4, 0.5) is 5.69 Å². The number of para-hydroxylation sites is 1. The lowest BCUT2D eigenvalue weighted by molar-refractivity contribution is 0.122. The molecule has 73 valence electrons. The third kappa shape index (κ3) is 1.77. The van der Waals surface area contributed by atoms with Crippen molar-refractivity contribution in [3.05, 3.63) is 29.8 Å². The van der Waals surface area contributed by atoms with E-state index in [1.54, 1.807) is 6.07 Å². The van der Waals surface area contributed by atoms with Crippen molar-refractivity contribution in [3.63, 3.8) is 0 Å². The zero-order valence-corrected chi connectivity index (χ0v) is 7.90. The summed E-state index contributed by atoms with van der Waals surface area (Å²) < 4.78 is 5.25. The van der Waals surface area contributed by atoms with E-state index >= 15 is 0 Å². The number of hydrogen-bond donors (Lipinski definition) is 0. The summed E-state index contributed by atoms with van der Waals surface area (Å²) in [6.45, 7) is 3.15. The van der Waals surface area contributed by atoms with Gasteiger partial charge >= 0.3 is 0 Å². The molecule has 0 atom stereocenters. The van der Waals surface area contributed by atoms with Gasteiger partial charge in [0, 0.05) is 24.3 Å². The molecule has 3 heteroatoms. The van der Waals surface area contributed by atoms with Gasteiger partial charge < -0.3 is 9.64 Å². The van der Waals surface area contributed by atoms with E-state index in [2.05, 4.69) is 4.90 Å². The first-order chi connectivity index (χ1) is 6.92. The second-order valence-corrected chi connectivity index (χ2v) is 3.22.